The van der Waals surface area contributed by atoms with Gasteiger partial charge >= 0.3 is 5.97 Å². The van der Waals surface area contributed by atoms with Crippen LogP contribution in [0, 0.1) is 16.0 Å². The Labute approximate surface area is 132 Å². The van der Waals surface area contributed by atoms with Crippen molar-refractivity contribution in [3.05, 3.63) is 64.5 Å². The highest BCUT2D eigenvalue weighted by atomic mass is 16.6. The molecule has 118 valence electrons. The second kappa shape index (κ2) is 6.43. The molecule has 1 aromatic carbocycles. The van der Waals surface area contributed by atoms with Gasteiger partial charge in [0.15, 0.2) is 0 Å². The average Bonchev–Trinajstić information content (AvgIpc) is 3.36. The molecule has 0 radical (unpaired) electrons. The summed E-state index contributed by atoms with van der Waals surface area (Å²) < 4.78 is 10.7. The first kappa shape index (κ1) is 15.0. The predicted molar refractivity (Wildman–Crippen MR) is 79.4 cm³/mol. The molecule has 1 heterocycles. The quantitative estimate of drug-likeness (QED) is 0.462. The van der Waals surface area contributed by atoms with Crippen molar-refractivity contribution < 1.29 is 19.2 Å². The Morgan fingerprint density at radius 3 is 2.65 bits per heavy atom. The summed E-state index contributed by atoms with van der Waals surface area (Å²) in [5.74, 6) is 0.162. The highest BCUT2D eigenvalue weighted by Crippen LogP contribution is 2.34. The van der Waals surface area contributed by atoms with Crippen molar-refractivity contribution in [3.63, 3.8) is 0 Å². The predicted octanol–water partition coefficient (Wildman–Crippen LogP) is 2.58. The van der Waals surface area contributed by atoms with Crippen molar-refractivity contribution in [1.82, 2.24) is 4.98 Å². The number of esters is 1. The fourth-order valence-corrected chi connectivity index (χ4v) is 2.13. The summed E-state index contributed by atoms with van der Waals surface area (Å²) in [6.45, 7) is 0.0902. The Morgan fingerprint density at radius 1 is 1.26 bits per heavy atom. The van der Waals surface area contributed by atoms with Crippen LogP contribution in [0.1, 0.15) is 12.0 Å². The molecule has 1 aliphatic carbocycles. The number of rotatable bonds is 6. The molecule has 1 aliphatic rings. The maximum absolute atomic E-state index is 11.6. The summed E-state index contributed by atoms with van der Waals surface area (Å²) in [7, 11) is 0. The van der Waals surface area contributed by atoms with E-state index in [2.05, 4.69) is 4.98 Å². The Bertz CT molecular complexity index is 702. The number of ether oxygens (including phenoxy) is 2. The van der Waals surface area contributed by atoms with E-state index < -0.39 is 22.9 Å². The molecule has 1 fully saturated rings. The molecule has 7 nitrogen and oxygen atoms in total. The second-order valence-corrected chi connectivity index (χ2v) is 5.24. The molecule has 7 heteroatoms. The van der Waals surface area contributed by atoms with Crippen LogP contribution in [0.2, 0.25) is 0 Å². The van der Waals surface area contributed by atoms with Crippen LogP contribution in [0.3, 0.4) is 0 Å². The Kier molecular flexibility index (Phi) is 4.18. The molecule has 3 rings (SSSR count). The number of pyridine rings is 1. The highest BCUT2D eigenvalue weighted by molar-refractivity contribution is 5.76. The topological polar surface area (TPSA) is 91.6 Å². The molecule has 0 saturated heterocycles. The number of carbonyl (C=O) groups excluding carboxylic acids is 1. The summed E-state index contributed by atoms with van der Waals surface area (Å²) >= 11 is 0. The van der Waals surface area contributed by atoms with Gasteiger partial charge in [-0.25, -0.2) is 0 Å². The third-order valence-corrected chi connectivity index (χ3v) is 3.50. The van der Waals surface area contributed by atoms with Gasteiger partial charge < -0.3 is 9.47 Å². The second-order valence-electron chi connectivity index (χ2n) is 5.24. The summed E-state index contributed by atoms with van der Waals surface area (Å²) in [6, 6.07) is 9.86. The number of nitro groups is 1. The van der Waals surface area contributed by atoms with E-state index in [1.54, 1.807) is 48.8 Å². The van der Waals surface area contributed by atoms with E-state index in [0.29, 0.717) is 11.5 Å². The van der Waals surface area contributed by atoms with E-state index in [0.717, 1.165) is 5.56 Å². The van der Waals surface area contributed by atoms with Crippen molar-refractivity contribution >= 4 is 5.97 Å². The Hall–Kier alpha value is -2.96. The van der Waals surface area contributed by atoms with E-state index in [-0.39, 0.29) is 13.0 Å². The maximum atomic E-state index is 11.6. The third kappa shape index (κ3) is 3.82. The van der Waals surface area contributed by atoms with Gasteiger partial charge in [0.2, 0.25) is 6.04 Å². The zero-order chi connectivity index (χ0) is 16.2. The fourth-order valence-electron chi connectivity index (χ4n) is 2.13. The van der Waals surface area contributed by atoms with Gasteiger partial charge in [-0.15, -0.1) is 0 Å². The molecule has 0 N–H and O–H groups in total. The van der Waals surface area contributed by atoms with Crippen LogP contribution < -0.4 is 4.74 Å². The minimum Gasteiger partial charge on any atom is -0.460 e. The minimum atomic E-state index is -0.780. The number of hydrogen-bond donors (Lipinski definition) is 0. The van der Waals surface area contributed by atoms with Crippen molar-refractivity contribution in [2.75, 3.05) is 0 Å². The van der Waals surface area contributed by atoms with Crippen LogP contribution in [-0.4, -0.2) is 21.9 Å². The van der Waals surface area contributed by atoms with E-state index in [9.17, 15) is 14.9 Å². The largest absolute Gasteiger partial charge is 0.460 e. The first-order valence-corrected chi connectivity index (χ1v) is 7.10. The smallest absolute Gasteiger partial charge is 0.316 e. The lowest BCUT2D eigenvalue weighted by molar-refractivity contribution is -0.497. The normalized spacial score (nSPS) is 19.0. The lowest BCUT2D eigenvalue weighted by Crippen LogP contribution is -2.13. The van der Waals surface area contributed by atoms with Gasteiger partial charge in [0.1, 0.15) is 24.0 Å². The summed E-state index contributed by atoms with van der Waals surface area (Å²) in [5.41, 5.74) is 0.787. The summed E-state index contributed by atoms with van der Waals surface area (Å²) in [4.78, 5) is 25.7. The third-order valence-electron chi connectivity index (χ3n) is 3.50. The fraction of sp³-hybridized carbons (Fsp3) is 0.250. The molecule has 0 unspecified atom stereocenters. The van der Waals surface area contributed by atoms with Gasteiger partial charge in [-0.1, -0.05) is 12.1 Å². The number of aromatic nitrogens is 1. The summed E-state index contributed by atoms with van der Waals surface area (Å²) in [5, 5.41) is 10.5. The molecule has 23 heavy (non-hydrogen) atoms. The van der Waals surface area contributed by atoms with Crippen molar-refractivity contribution in [1.29, 1.82) is 0 Å². The average molecular weight is 314 g/mol. The zero-order valence-corrected chi connectivity index (χ0v) is 12.1. The molecule has 0 aliphatic heterocycles. The Morgan fingerprint density at radius 2 is 2.04 bits per heavy atom. The van der Waals surface area contributed by atoms with Gasteiger partial charge in [0, 0.05) is 17.5 Å². The van der Waals surface area contributed by atoms with Crippen LogP contribution in [0.4, 0.5) is 0 Å². The number of nitrogens with zero attached hydrogens (tertiary/aromatic N) is 2. The van der Waals surface area contributed by atoms with Crippen molar-refractivity contribution in [2.45, 2.75) is 19.1 Å². The van der Waals surface area contributed by atoms with Crippen molar-refractivity contribution in [3.8, 4) is 11.5 Å². The van der Waals surface area contributed by atoms with Gasteiger partial charge in [0.05, 0.1) is 6.20 Å². The van der Waals surface area contributed by atoms with E-state index in [1.807, 2.05) is 0 Å². The molecule has 1 saturated carbocycles. The van der Waals surface area contributed by atoms with E-state index >= 15 is 0 Å². The first-order chi connectivity index (χ1) is 11.1. The molecule has 0 bridgehead atoms. The number of carbonyl (C=O) groups is 1. The van der Waals surface area contributed by atoms with Gasteiger partial charge in [-0.05, 0) is 29.8 Å². The summed E-state index contributed by atoms with van der Waals surface area (Å²) in [6.07, 6.45) is 3.54. The molecule has 0 amide bonds. The van der Waals surface area contributed by atoms with Crippen LogP contribution in [-0.2, 0) is 16.1 Å². The van der Waals surface area contributed by atoms with Crippen LogP contribution >= 0.6 is 0 Å². The van der Waals surface area contributed by atoms with E-state index in [1.165, 1.54) is 0 Å². The number of hydrogen-bond acceptors (Lipinski definition) is 6. The molecular weight excluding hydrogens is 300 g/mol. The van der Waals surface area contributed by atoms with Crippen LogP contribution in [0.25, 0.3) is 0 Å². The SMILES string of the molecule is O=C(OCc1ccc(Oc2cccnc2)cc1)[C@H]1C[C@@H]1[N+](=O)[O-]. The monoisotopic (exact) mass is 314 g/mol. The van der Waals surface area contributed by atoms with E-state index in [4.69, 9.17) is 9.47 Å². The van der Waals surface area contributed by atoms with Crippen molar-refractivity contribution in [2.24, 2.45) is 5.92 Å². The zero-order valence-electron chi connectivity index (χ0n) is 12.1. The van der Waals surface area contributed by atoms with Gasteiger partial charge in [-0.2, -0.15) is 0 Å². The van der Waals surface area contributed by atoms with Crippen LogP contribution in [0.15, 0.2) is 48.8 Å². The van der Waals surface area contributed by atoms with Crippen LogP contribution in [0.5, 0.6) is 11.5 Å². The molecule has 0 spiro atoms. The lowest BCUT2D eigenvalue weighted by Gasteiger charge is -2.07. The molecular formula is C16H14N2O5. The number of benzene rings is 1. The molecule has 2 atom stereocenters. The standard InChI is InChI=1S/C16H14N2O5/c19-16(14-8-15(14)18(20)21)22-10-11-3-5-12(6-4-11)23-13-2-1-7-17-9-13/h1-7,9,14-15H,8,10H2/t14-,15-/m0/s1. The molecule has 2 aromatic rings. The first-order valence-electron chi connectivity index (χ1n) is 7.10. The lowest BCUT2D eigenvalue weighted by atomic mass is 10.2. The maximum Gasteiger partial charge on any atom is 0.316 e. The Balaban J connectivity index is 1.50. The minimum absolute atomic E-state index is 0.0902. The van der Waals surface area contributed by atoms with Gasteiger partial charge in [0.25, 0.3) is 0 Å². The highest BCUT2D eigenvalue weighted by Gasteiger charge is 2.54. The molecule has 1 aromatic heterocycles. The van der Waals surface area contributed by atoms with Gasteiger partial charge in [-0.3, -0.25) is 19.9 Å².